The van der Waals surface area contributed by atoms with Gasteiger partial charge in [0.25, 0.3) is 0 Å². The zero-order valence-corrected chi connectivity index (χ0v) is 16.2. The SMILES string of the molecule is COc1nc([C@]2(c3ccc(SC)cc3)C[C@@H]2C2CCCC2)ccc1C. The topological polar surface area (TPSA) is 22.1 Å². The smallest absolute Gasteiger partial charge is 0.216 e. The first-order valence-corrected chi connectivity index (χ1v) is 10.6. The normalized spacial score (nSPS) is 26.0. The van der Waals surface area contributed by atoms with Gasteiger partial charge in [-0.2, -0.15) is 0 Å². The Morgan fingerprint density at radius 3 is 2.44 bits per heavy atom. The molecule has 2 nitrogen and oxygen atoms in total. The van der Waals surface area contributed by atoms with E-state index in [0.29, 0.717) is 0 Å². The van der Waals surface area contributed by atoms with Crippen molar-refractivity contribution in [3.63, 3.8) is 0 Å². The predicted octanol–water partition coefficient (Wildman–Crippen LogP) is 5.62. The lowest BCUT2D eigenvalue weighted by Gasteiger charge is -2.22. The summed E-state index contributed by atoms with van der Waals surface area (Å²) >= 11 is 1.80. The highest BCUT2D eigenvalue weighted by atomic mass is 32.2. The summed E-state index contributed by atoms with van der Waals surface area (Å²) in [5.41, 5.74) is 3.83. The third kappa shape index (κ3) is 2.87. The molecular weight excluding hydrogens is 326 g/mol. The van der Waals surface area contributed by atoms with E-state index in [2.05, 4.69) is 49.6 Å². The van der Waals surface area contributed by atoms with Gasteiger partial charge in [-0.05, 0) is 55.2 Å². The molecule has 0 radical (unpaired) electrons. The first kappa shape index (κ1) is 17.0. The Bertz CT molecular complexity index is 751. The van der Waals surface area contributed by atoms with Crippen LogP contribution in [0.4, 0.5) is 0 Å². The third-order valence-electron chi connectivity index (χ3n) is 6.29. The number of rotatable bonds is 5. The molecule has 0 saturated heterocycles. The summed E-state index contributed by atoms with van der Waals surface area (Å²) < 4.78 is 5.53. The molecule has 0 amide bonds. The van der Waals surface area contributed by atoms with Crippen molar-refractivity contribution in [2.75, 3.05) is 13.4 Å². The van der Waals surface area contributed by atoms with E-state index in [1.165, 1.54) is 48.3 Å². The molecule has 0 aliphatic heterocycles. The average Bonchev–Trinajstić information content (AvgIpc) is 3.17. The molecule has 2 saturated carbocycles. The van der Waals surface area contributed by atoms with Crippen LogP contribution < -0.4 is 4.74 Å². The van der Waals surface area contributed by atoms with Crippen LogP contribution in [0.15, 0.2) is 41.3 Å². The van der Waals surface area contributed by atoms with Crippen LogP contribution in [0, 0.1) is 18.8 Å². The molecule has 2 atom stereocenters. The zero-order valence-electron chi connectivity index (χ0n) is 15.4. The maximum absolute atomic E-state index is 5.53. The Balaban J connectivity index is 1.76. The van der Waals surface area contributed by atoms with Crippen LogP contribution in [0.5, 0.6) is 5.88 Å². The highest BCUT2D eigenvalue weighted by molar-refractivity contribution is 7.98. The number of hydrogen-bond acceptors (Lipinski definition) is 3. The Morgan fingerprint density at radius 2 is 1.80 bits per heavy atom. The molecule has 0 spiro atoms. The maximum Gasteiger partial charge on any atom is 0.216 e. The molecule has 1 heterocycles. The average molecular weight is 354 g/mol. The standard InChI is InChI=1S/C22H27NOS/c1-15-8-13-20(23-21(15)24-2)22(14-19(22)16-6-4-5-7-16)17-9-11-18(25-3)12-10-17/h8-13,16,19H,4-7,14H2,1-3H3/t19-,22+/m1/s1. The maximum atomic E-state index is 5.53. The molecule has 3 heteroatoms. The van der Waals surface area contributed by atoms with Crippen molar-refractivity contribution >= 4 is 11.8 Å². The van der Waals surface area contributed by atoms with E-state index in [1.807, 2.05) is 0 Å². The lowest BCUT2D eigenvalue weighted by atomic mass is 9.84. The van der Waals surface area contributed by atoms with Gasteiger partial charge < -0.3 is 4.74 Å². The zero-order chi connectivity index (χ0) is 17.4. The fraction of sp³-hybridized carbons (Fsp3) is 0.500. The summed E-state index contributed by atoms with van der Waals surface area (Å²) in [5, 5.41) is 0. The minimum Gasteiger partial charge on any atom is -0.481 e. The van der Waals surface area contributed by atoms with Gasteiger partial charge in [-0.15, -0.1) is 11.8 Å². The molecule has 0 N–H and O–H groups in total. The molecule has 0 unspecified atom stereocenters. The Hall–Kier alpha value is -1.48. The van der Waals surface area contributed by atoms with E-state index in [-0.39, 0.29) is 5.41 Å². The van der Waals surface area contributed by atoms with E-state index in [1.54, 1.807) is 18.9 Å². The van der Waals surface area contributed by atoms with E-state index < -0.39 is 0 Å². The Labute approximate surface area is 155 Å². The predicted molar refractivity (Wildman–Crippen MR) is 105 cm³/mol. The van der Waals surface area contributed by atoms with E-state index in [4.69, 9.17) is 9.72 Å². The molecule has 2 aliphatic carbocycles. The highest BCUT2D eigenvalue weighted by Crippen LogP contribution is 2.64. The molecule has 1 aromatic carbocycles. The van der Waals surface area contributed by atoms with Crippen molar-refractivity contribution < 1.29 is 4.74 Å². The first-order valence-electron chi connectivity index (χ1n) is 9.35. The third-order valence-corrected chi connectivity index (χ3v) is 7.03. The van der Waals surface area contributed by atoms with Crippen LogP contribution in [0.2, 0.25) is 0 Å². The fourth-order valence-electron chi connectivity index (χ4n) is 4.84. The van der Waals surface area contributed by atoms with Gasteiger partial charge in [0.15, 0.2) is 0 Å². The largest absolute Gasteiger partial charge is 0.481 e. The lowest BCUT2D eigenvalue weighted by molar-refractivity contribution is 0.389. The fourth-order valence-corrected chi connectivity index (χ4v) is 5.25. The lowest BCUT2D eigenvalue weighted by Crippen LogP contribution is -2.18. The van der Waals surface area contributed by atoms with Crippen molar-refractivity contribution in [2.24, 2.45) is 11.8 Å². The molecule has 2 aromatic rings. The van der Waals surface area contributed by atoms with Crippen molar-refractivity contribution in [1.82, 2.24) is 4.98 Å². The van der Waals surface area contributed by atoms with Crippen LogP contribution in [0.3, 0.4) is 0 Å². The van der Waals surface area contributed by atoms with Crippen molar-refractivity contribution in [2.45, 2.75) is 49.3 Å². The second kappa shape index (κ2) is 6.68. The minimum atomic E-state index is 0.0902. The molecule has 132 valence electrons. The molecular formula is C22H27NOS. The van der Waals surface area contributed by atoms with E-state index in [9.17, 15) is 0 Å². The molecule has 4 rings (SSSR count). The summed E-state index contributed by atoms with van der Waals surface area (Å²) in [6.45, 7) is 2.07. The second-order valence-electron chi connectivity index (χ2n) is 7.58. The summed E-state index contributed by atoms with van der Waals surface area (Å²) in [6, 6.07) is 13.6. The molecule has 2 fully saturated rings. The summed E-state index contributed by atoms with van der Waals surface area (Å²) in [4.78, 5) is 6.26. The number of thioether (sulfide) groups is 1. The van der Waals surface area contributed by atoms with Crippen LogP contribution in [-0.4, -0.2) is 18.3 Å². The van der Waals surface area contributed by atoms with Gasteiger partial charge in [0.2, 0.25) is 5.88 Å². The number of hydrogen-bond donors (Lipinski definition) is 0. The van der Waals surface area contributed by atoms with Gasteiger partial charge in [0, 0.05) is 15.9 Å². The van der Waals surface area contributed by atoms with Crippen molar-refractivity contribution in [3.05, 3.63) is 53.2 Å². The number of ether oxygens (including phenoxy) is 1. The van der Waals surface area contributed by atoms with Gasteiger partial charge >= 0.3 is 0 Å². The molecule has 25 heavy (non-hydrogen) atoms. The Kier molecular flexibility index (Phi) is 4.53. The minimum absolute atomic E-state index is 0.0902. The first-order chi connectivity index (χ1) is 12.2. The van der Waals surface area contributed by atoms with Crippen LogP contribution >= 0.6 is 11.8 Å². The Morgan fingerprint density at radius 1 is 1.08 bits per heavy atom. The van der Waals surface area contributed by atoms with Crippen LogP contribution in [-0.2, 0) is 5.41 Å². The number of aryl methyl sites for hydroxylation is 1. The molecule has 0 bridgehead atoms. The van der Waals surface area contributed by atoms with Crippen molar-refractivity contribution in [1.29, 1.82) is 0 Å². The van der Waals surface area contributed by atoms with Gasteiger partial charge in [0.05, 0.1) is 12.8 Å². The van der Waals surface area contributed by atoms with Crippen LogP contribution in [0.25, 0.3) is 0 Å². The number of nitrogens with zero attached hydrogens (tertiary/aromatic N) is 1. The van der Waals surface area contributed by atoms with E-state index >= 15 is 0 Å². The molecule has 1 aromatic heterocycles. The monoisotopic (exact) mass is 353 g/mol. The number of benzene rings is 1. The van der Waals surface area contributed by atoms with E-state index in [0.717, 1.165) is 23.3 Å². The van der Waals surface area contributed by atoms with Gasteiger partial charge in [-0.3, -0.25) is 0 Å². The molecule has 2 aliphatic rings. The number of pyridine rings is 1. The summed E-state index contributed by atoms with van der Waals surface area (Å²) in [7, 11) is 1.72. The number of aromatic nitrogens is 1. The highest BCUT2D eigenvalue weighted by Gasteiger charge is 2.60. The van der Waals surface area contributed by atoms with Crippen LogP contribution in [0.1, 0.15) is 48.9 Å². The van der Waals surface area contributed by atoms with Gasteiger partial charge in [-0.1, -0.05) is 43.9 Å². The second-order valence-corrected chi connectivity index (χ2v) is 8.46. The summed E-state index contributed by atoms with van der Waals surface area (Å²) in [6.07, 6.45) is 8.93. The number of methoxy groups -OCH3 is 1. The van der Waals surface area contributed by atoms with Gasteiger partial charge in [-0.25, -0.2) is 4.98 Å². The summed E-state index contributed by atoms with van der Waals surface area (Å²) in [5.74, 6) is 2.36. The van der Waals surface area contributed by atoms with Gasteiger partial charge in [0.1, 0.15) is 0 Å². The van der Waals surface area contributed by atoms with Crippen molar-refractivity contribution in [3.8, 4) is 5.88 Å². The quantitative estimate of drug-likeness (QED) is 0.652.